The van der Waals surface area contributed by atoms with Crippen molar-refractivity contribution in [2.24, 2.45) is 5.92 Å². The molecule has 0 saturated heterocycles. The van der Waals surface area contributed by atoms with E-state index in [1.54, 1.807) is 13.0 Å². The Morgan fingerprint density at radius 2 is 2.10 bits per heavy atom. The van der Waals surface area contributed by atoms with E-state index in [4.69, 9.17) is 0 Å². The van der Waals surface area contributed by atoms with Crippen LogP contribution in [0.15, 0.2) is 12.1 Å². The van der Waals surface area contributed by atoms with Crippen LogP contribution in [0.25, 0.3) is 10.9 Å². The van der Waals surface area contributed by atoms with E-state index in [0.717, 1.165) is 17.7 Å². The second-order valence-corrected chi connectivity index (χ2v) is 6.24. The molecular formula is C17H18FNO2. The standard InChI is InChI=1S/C17H18FNO2/c1-8-4-10(3)15-11(5-8)14(17(20)21)12-6-9(2)7-13(18)16(12)19-15/h6-8,10H,4-5H2,1-3H3,(H,20,21). The van der Waals surface area contributed by atoms with Crippen molar-refractivity contribution in [3.8, 4) is 0 Å². The molecule has 1 N–H and O–H groups in total. The van der Waals surface area contributed by atoms with E-state index in [0.29, 0.717) is 23.3 Å². The summed E-state index contributed by atoms with van der Waals surface area (Å²) in [5, 5.41) is 10.1. The van der Waals surface area contributed by atoms with Gasteiger partial charge in [-0.3, -0.25) is 0 Å². The molecule has 0 spiro atoms. The fourth-order valence-electron chi connectivity index (χ4n) is 3.52. The molecule has 2 aromatic rings. The predicted molar refractivity (Wildman–Crippen MR) is 79.3 cm³/mol. The quantitative estimate of drug-likeness (QED) is 0.860. The van der Waals surface area contributed by atoms with Crippen LogP contribution in [-0.2, 0) is 6.42 Å². The maximum atomic E-state index is 14.2. The minimum atomic E-state index is -0.995. The fourth-order valence-corrected chi connectivity index (χ4v) is 3.52. The lowest BCUT2D eigenvalue weighted by Gasteiger charge is -2.28. The second kappa shape index (κ2) is 4.79. The van der Waals surface area contributed by atoms with Gasteiger partial charge in [0, 0.05) is 11.1 Å². The van der Waals surface area contributed by atoms with Gasteiger partial charge in [0.25, 0.3) is 0 Å². The number of aryl methyl sites for hydroxylation is 1. The highest BCUT2D eigenvalue weighted by Crippen LogP contribution is 2.38. The summed E-state index contributed by atoms with van der Waals surface area (Å²) in [4.78, 5) is 16.2. The van der Waals surface area contributed by atoms with E-state index in [2.05, 4.69) is 11.9 Å². The highest BCUT2D eigenvalue weighted by atomic mass is 19.1. The Hall–Kier alpha value is -1.97. The second-order valence-electron chi connectivity index (χ2n) is 6.24. The summed E-state index contributed by atoms with van der Waals surface area (Å²) in [7, 11) is 0. The van der Waals surface area contributed by atoms with Gasteiger partial charge in [-0.2, -0.15) is 0 Å². The highest BCUT2D eigenvalue weighted by Gasteiger charge is 2.29. The van der Waals surface area contributed by atoms with E-state index in [1.165, 1.54) is 6.07 Å². The molecule has 110 valence electrons. The first-order chi connectivity index (χ1) is 9.88. The van der Waals surface area contributed by atoms with E-state index in [-0.39, 0.29) is 17.0 Å². The van der Waals surface area contributed by atoms with E-state index in [9.17, 15) is 14.3 Å². The minimum Gasteiger partial charge on any atom is -0.478 e. The van der Waals surface area contributed by atoms with Gasteiger partial charge in [0.15, 0.2) is 0 Å². The molecule has 1 aliphatic rings. The summed E-state index contributed by atoms with van der Waals surface area (Å²) in [6, 6.07) is 3.13. The molecule has 0 aliphatic heterocycles. The zero-order valence-corrected chi connectivity index (χ0v) is 12.4. The van der Waals surface area contributed by atoms with Crippen molar-refractivity contribution in [3.63, 3.8) is 0 Å². The van der Waals surface area contributed by atoms with Crippen LogP contribution in [0.2, 0.25) is 0 Å². The summed E-state index contributed by atoms with van der Waals surface area (Å²) < 4.78 is 14.2. The molecule has 2 unspecified atom stereocenters. The Labute approximate surface area is 122 Å². The van der Waals surface area contributed by atoms with Gasteiger partial charge in [-0.15, -0.1) is 0 Å². The van der Waals surface area contributed by atoms with Gasteiger partial charge >= 0.3 is 5.97 Å². The molecule has 0 radical (unpaired) electrons. The number of hydrogen-bond donors (Lipinski definition) is 1. The Morgan fingerprint density at radius 3 is 2.76 bits per heavy atom. The lowest BCUT2D eigenvalue weighted by atomic mass is 9.78. The topological polar surface area (TPSA) is 50.2 Å². The molecule has 3 nitrogen and oxygen atoms in total. The fraction of sp³-hybridized carbons (Fsp3) is 0.412. The summed E-state index contributed by atoms with van der Waals surface area (Å²) in [6.45, 7) is 5.91. The van der Waals surface area contributed by atoms with Gasteiger partial charge < -0.3 is 5.11 Å². The average Bonchev–Trinajstić information content (AvgIpc) is 2.35. The van der Waals surface area contributed by atoms with Crippen molar-refractivity contribution < 1.29 is 14.3 Å². The maximum Gasteiger partial charge on any atom is 0.336 e. The van der Waals surface area contributed by atoms with Crippen LogP contribution >= 0.6 is 0 Å². The molecule has 1 heterocycles. The smallest absolute Gasteiger partial charge is 0.336 e. The molecule has 4 heteroatoms. The SMILES string of the molecule is Cc1cc(F)c2nc3c(c(C(=O)O)c2c1)CC(C)CC3C. The number of carbonyl (C=O) groups is 1. The number of benzene rings is 1. The number of fused-ring (bicyclic) bond motifs is 2. The van der Waals surface area contributed by atoms with Crippen LogP contribution in [0.1, 0.15) is 53.4 Å². The molecule has 21 heavy (non-hydrogen) atoms. The number of carboxylic acid groups (broad SMARTS) is 1. The van der Waals surface area contributed by atoms with Gasteiger partial charge in [-0.1, -0.05) is 13.8 Å². The Balaban J connectivity index is 2.45. The number of halogens is 1. The predicted octanol–water partition coefficient (Wildman–Crippen LogP) is 4.07. The zero-order chi connectivity index (χ0) is 15.3. The molecule has 0 saturated carbocycles. The zero-order valence-electron chi connectivity index (χ0n) is 12.4. The number of pyridine rings is 1. The molecule has 3 rings (SSSR count). The third kappa shape index (κ3) is 2.19. The highest BCUT2D eigenvalue weighted by molar-refractivity contribution is 6.04. The van der Waals surface area contributed by atoms with Crippen LogP contribution in [0.3, 0.4) is 0 Å². The average molecular weight is 287 g/mol. The molecule has 2 atom stereocenters. The monoisotopic (exact) mass is 287 g/mol. The summed E-state index contributed by atoms with van der Waals surface area (Å²) in [6.07, 6.45) is 1.65. The van der Waals surface area contributed by atoms with Crippen molar-refractivity contribution in [1.29, 1.82) is 0 Å². The first kappa shape index (κ1) is 14.0. The minimum absolute atomic E-state index is 0.159. The van der Waals surface area contributed by atoms with Gasteiger partial charge in [-0.05, 0) is 54.9 Å². The normalized spacial score (nSPS) is 21.3. The third-order valence-electron chi connectivity index (χ3n) is 4.31. The third-order valence-corrected chi connectivity index (χ3v) is 4.31. The number of nitrogens with zero attached hydrogens (tertiary/aromatic N) is 1. The Morgan fingerprint density at radius 1 is 1.38 bits per heavy atom. The number of rotatable bonds is 1. The first-order valence-corrected chi connectivity index (χ1v) is 7.24. The largest absolute Gasteiger partial charge is 0.478 e. The van der Waals surface area contributed by atoms with Gasteiger partial charge in [0.05, 0.1) is 5.56 Å². The molecule has 0 bridgehead atoms. The molecule has 0 amide bonds. The Kier molecular flexibility index (Phi) is 3.19. The van der Waals surface area contributed by atoms with Crippen LogP contribution in [-0.4, -0.2) is 16.1 Å². The van der Waals surface area contributed by atoms with E-state index < -0.39 is 11.8 Å². The first-order valence-electron chi connectivity index (χ1n) is 7.24. The number of hydrogen-bond acceptors (Lipinski definition) is 2. The van der Waals surface area contributed by atoms with Gasteiger partial charge in [0.2, 0.25) is 0 Å². The van der Waals surface area contributed by atoms with Crippen molar-refractivity contribution in [3.05, 3.63) is 40.3 Å². The molecular weight excluding hydrogens is 269 g/mol. The van der Waals surface area contributed by atoms with Gasteiger partial charge in [0.1, 0.15) is 11.3 Å². The molecule has 1 aromatic carbocycles. The summed E-state index contributed by atoms with van der Waals surface area (Å²) in [5.74, 6) is -0.863. The lowest BCUT2D eigenvalue weighted by Crippen LogP contribution is -2.20. The Bertz CT molecular complexity index is 754. The van der Waals surface area contributed by atoms with Crippen molar-refractivity contribution >= 4 is 16.9 Å². The number of aromatic nitrogens is 1. The summed E-state index contributed by atoms with van der Waals surface area (Å²) >= 11 is 0. The van der Waals surface area contributed by atoms with E-state index in [1.807, 2.05) is 6.92 Å². The molecule has 0 fully saturated rings. The van der Waals surface area contributed by atoms with Gasteiger partial charge in [-0.25, -0.2) is 14.2 Å². The van der Waals surface area contributed by atoms with Crippen LogP contribution in [0.4, 0.5) is 4.39 Å². The van der Waals surface area contributed by atoms with Crippen molar-refractivity contribution in [2.45, 2.75) is 39.5 Å². The van der Waals surface area contributed by atoms with Crippen molar-refractivity contribution in [2.75, 3.05) is 0 Å². The van der Waals surface area contributed by atoms with Crippen LogP contribution < -0.4 is 0 Å². The number of carboxylic acids is 1. The van der Waals surface area contributed by atoms with Crippen molar-refractivity contribution in [1.82, 2.24) is 4.98 Å². The van der Waals surface area contributed by atoms with Crippen LogP contribution in [0, 0.1) is 18.7 Å². The molecule has 1 aliphatic carbocycles. The number of aromatic carboxylic acids is 1. The lowest BCUT2D eigenvalue weighted by molar-refractivity contribution is 0.0697. The molecule has 1 aromatic heterocycles. The van der Waals surface area contributed by atoms with E-state index >= 15 is 0 Å². The summed E-state index contributed by atoms with van der Waals surface area (Å²) in [5.41, 5.74) is 2.65. The maximum absolute atomic E-state index is 14.2. The van der Waals surface area contributed by atoms with Crippen LogP contribution in [0.5, 0.6) is 0 Å².